The van der Waals surface area contributed by atoms with Crippen LogP contribution in [0.5, 0.6) is 5.75 Å². The minimum absolute atomic E-state index is 0.264. The quantitative estimate of drug-likeness (QED) is 0.740. The summed E-state index contributed by atoms with van der Waals surface area (Å²) in [7, 11) is 1.50. The number of ketones is 1. The molecular formula is C12H11NO3. The summed E-state index contributed by atoms with van der Waals surface area (Å²) in [5.41, 5.74) is 1.06. The van der Waals surface area contributed by atoms with E-state index in [2.05, 4.69) is 4.98 Å². The van der Waals surface area contributed by atoms with Gasteiger partial charge in [-0.2, -0.15) is 0 Å². The molecule has 82 valence electrons. The summed E-state index contributed by atoms with van der Waals surface area (Å²) < 4.78 is 10.2. The molecule has 0 saturated heterocycles. The largest absolute Gasteiger partial charge is 0.494 e. The lowest BCUT2D eigenvalue weighted by Gasteiger charge is -2.04. The van der Waals surface area contributed by atoms with Gasteiger partial charge in [-0.15, -0.1) is 0 Å². The fourth-order valence-corrected chi connectivity index (χ4v) is 1.44. The van der Waals surface area contributed by atoms with E-state index in [4.69, 9.17) is 9.15 Å². The number of methoxy groups -OCH3 is 1. The molecule has 0 N–H and O–H groups in total. The SMILES string of the molecule is COc1cccnc1C(=O)c1occc1C. The molecule has 0 fully saturated rings. The first kappa shape index (κ1) is 10.4. The van der Waals surface area contributed by atoms with Crippen molar-refractivity contribution >= 4 is 5.78 Å². The van der Waals surface area contributed by atoms with Crippen molar-refractivity contribution in [3.05, 3.63) is 47.7 Å². The number of rotatable bonds is 3. The number of nitrogens with zero attached hydrogens (tertiary/aromatic N) is 1. The Kier molecular flexibility index (Phi) is 2.72. The summed E-state index contributed by atoms with van der Waals surface area (Å²) in [6.45, 7) is 1.81. The standard InChI is InChI=1S/C12H11NO3/c1-8-5-7-16-12(8)11(14)10-9(15-2)4-3-6-13-10/h3-7H,1-2H3. The molecule has 0 aliphatic rings. The lowest BCUT2D eigenvalue weighted by molar-refractivity contribution is 0.100. The van der Waals surface area contributed by atoms with E-state index in [0.717, 1.165) is 5.56 Å². The minimum atomic E-state index is -0.264. The first-order valence-corrected chi connectivity index (χ1v) is 4.82. The summed E-state index contributed by atoms with van der Waals surface area (Å²) in [6.07, 6.45) is 3.03. The van der Waals surface area contributed by atoms with Gasteiger partial charge in [-0.25, -0.2) is 4.98 Å². The van der Waals surface area contributed by atoms with E-state index >= 15 is 0 Å². The maximum absolute atomic E-state index is 12.1. The number of carbonyl (C=O) groups is 1. The van der Waals surface area contributed by atoms with Gasteiger partial charge in [0.2, 0.25) is 0 Å². The summed E-state index contributed by atoms with van der Waals surface area (Å²) in [5.74, 6) is 0.486. The van der Waals surface area contributed by atoms with Crippen molar-refractivity contribution in [2.45, 2.75) is 6.92 Å². The smallest absolute Gasteiger partial charge is 0.250 e. The lowest BCUT2D eigenvalue weighted by Crippen LogP contribution is -2.06. The second-order valence-electron chi connectivity index (χ2n) is 3.32. The van der Waals surface area contributed by atoms with Gasteiger partial charge < -0.3 is 9.15 Å². The molecule has 16 heavy (non-hydrogen) atoms. The third-order valence-corrected chi connectivity index (χ3v) is 2.27. The van der Waals surface area contributed by atoms with E-state index in [9.17, 15) is 4.79 Å². The topological polar surface area (TPSA) is 52.3 Å². The summed E-state index contributed by atoms with van der Waals surface area (Å²) in [4.78, 5) is 16.1. The average molecular weight is 217 g/mol. The Hall–Kier alpha value is -2.10. The highest BCUT2D eigenvalue weighted by molar-refractivity contribution is 6.08. The molecule has 2 aromatic rings. The first-order chi connectivity index (χ1) is 7.74. The predicted octanol–water partition coefficient (Wildman–Crippen LogP) is 2.22. The van der Waals surface area contributed by atoms with Crippen LogP contribution >= 0.6 is 0 Å². The maximum atomic E-state index is 12.1. The van der Waals surface area contributed by atoms with E-state index in [1.165, 1.54) is 13.4 Å². The van der Waals surface area contributed by atoms with Crippen LogP contribution in [0.4, 0.5) is 0 Å². The van der Waals surface area contributed by atoms with Gasteiger partial charge in [0.05, 0.1) is 13.4 Å². The van der Waals surface area contributed by atoms with Crippen molar-refractivity contribution in [3.8, 4) is 5.75 Å². The molecule has 0 aliphatic carbocycles. The molecule has 0 radical (unpaired) electrons. The molecule has 2 rings (SSSR count). The molecule has 4 nitrogen and oxygen atoms in total. The normalized spacial score (nSPS) is 10.1. The van der Waals surface area contributed by atoms with Crippen molar-refractivity contribution < 1.29 is 13.9 Å². The van der Waals surface area contributed by atoms with Crippen LogP contribution < -0.4 is 4.74 Å². The summed E-state index contributed by atoms with van der Waals surface area (Å²) >= 11 is 0. The molecule has 2 heterocycles. The average Bonchev–Trinajstić information content (AvgIpc) is 2.74. The van der Waals surface area contributed by atoms with Gasteiger partial charge in [0, 0.05) is 6.20 Å². The Morgan fingerprint density at radius 2 is 2.25 bits per heavy atom. The molecule has 0 amide bonds. The van der Waals surface area contributed by atoms with Gasteiger partial charge >= 0.3 is 0 Å². The number of aromatic nitrogens is 1. The third kappa shape index (κ3) is 1.69. The number of pyridine rings is 1. The van der Waals surface area contributed by atoms with Gasteiger partial charge in [0.15, 0.2) is 11.5 Å². The van der Waals surface area contributed by atoms with Crippen molar-refractivity contribution in [3.63, 3.8) is 0 Å². The van der Waals surface area contributed by atoms with Crippen molar-refractivity contribution in [2.24, 2.45) is 0 Å². The van der Waals surface area contributed by atoms with Crippen molar-refractivity contribution in [1.29, 1.82) is 0 Å². The highest BCUT2D eigenvalue weighted by Gasteiger charge is 2.20. The van der Waals surface area contributed by atoms with E-state index < -0.39 is 0 Å². The van der Waals surface area contributed by atoms with Crippen LogP contribution in [0.3, 0.4) is 0 Å². The van der Waals surface area contributed by atoms with Crippen molar-refractivity contribution in [1.82, 2.24) is 4.98 Å². The van der Waals surface area contributed by atoms with Crippen LogP contribution in [-0.4, -0.2) is 17.9 Å². The number of furan rings is 1. The molecule has 4 heteroatoms. The fourth-order valence-electron chi connectivity index (χ4n) is 1.44. The number of ether oxygens (including phenoxy) is 1. The number of carbonyl (C=O) groups excluding carboxylic acids is 1. The molecule has 0 spiro atoms. The number of hydrogen-bond donors (Lipinski definition) is 0. The van der Waals surface area contributed by atoms with E-state index in [0.29, 0.717) is 11.5 Å². The van der Waals surface area contributed by atoms with Crippen LogP contribution in [0.2, 0.25) is 0 Å². The second-order valence-corrected chi connectivity index (χ2v) is 3.32. The van der Waals surface area contributed by atoms with Crippen LogP contribution in [0.1, 0.15) is 21.8 Å². The minimum Gasteiger partial charge on any atom is -0.494 e. The molecule has 0 aromatic carbocycles. The Morgan fingerprint density at radius 1 is 1.44 bits per heavy atom. The molecule has 0 aliphatic heterocycles. The Bertz CT molecular complexity index is 516. The van der Waals surface area contributed by atoms with Gasteiger partial charge in [-0.1, -0.05) is 0 Å². The lowest BCUT2D eigenvalue weighted by atomic mass is 10.1. The zero-order valence-corrected chi connectivity index (χ0v) is 9.06. The van der Waals surface area contributed by atoms with Crippen molar-refractivity contribution in [2.75, 3.05) is 7.11 Å². The molecule has 0 atom stereocenters. The summed E-state index contributed by atoms with van der Waals surface area (Å²) in [5, 5.41) is 0. The monoisotopic (exact) mass is 217 g/mol. The zero-order chi connectivity index (χ0) is 11.5. The van der Waals surface area contributed by atoms with Gasteiger partial charge in [-0.05, 0) is 30.7 Å². The predicted molar refractivity (Wildman–Crippen MR) is 57.7 cm³/mol. The highest BCUT2D eigenvalue weighted by atomic mass is 16.5. The fraction of sp³-hybridized carbons (Fsp3) is 0.167. The molecular weight excluding hydrogens is 206 g/mol. The molecule has 0 bridgehead atoms. The van der Waals surface area contributed by atoms with Crippen LogP contribution in [0.15, 0.2) is 35.1 Å². The first-order valence-electron chi connectivity index (χ1n) is 4.82. The Morgan fingerprint density at radius 3 is 2.88 bits per heavy atom. The molecule has 2 aromatic heterocycles. The zero-order valence-electron chi connectivity index (χ0n) is 9.06. The Labute approximate surface area is 92.9 Å². The van der Waals surface area contributed by atoms with Gasteiger partial charge in [0.1, 0.15) is 5.75 Å². The van der Waals surface area contributed by atoms with Crippen LogP contribution in [0, 0.1) is 6.92 Å². The molecule has 0 unspecified atom stereocenters. The van der Waals surface area contributed by atoms with E-state index in [1.54, 1.807) is 24.4 Å². The third-order valence-electron chi connectivity index (χ3n) is 2.27. The second kappa shape index (κ2) is 4.18. The van der Waals surface area contributed by atoms with Gasteiger partial charge in [0.25, 0.3) is 5.78 Å². The van der Waals surface area contributed by atoms with Gasteiger partial charge in [-0.3, -0.25) is 4.79 Å². The Balaban J connectivity index is 2.46. The number of hydrogen-bond acceptors (Lipinski definition) is 4. The van der Waals surface area contributed by atoms with E-state index in [1.807, 2.05) is 6.92 Å². The van der Waals surface area contributed by atoms with Crippen LogP contribution in [0.25, 0.3) is 0 Å². The molecule has 0 saturated carbocycles. The van der Waals surface area contributed by atoms with E-state index in [-0.39, 0.29) is 11.5 Å². The maximum Gasteiger partial charge on any atom is 0.250 e. The highest BCUT2D eigenvalue weighted by Crippen LogP contribution is 2.20. The number of aryl methyl sites for hydroxylation is 1. The van der Waals surface area contributed by atoms with Crippen LogP contribution in [-0.2, 0) is 0 Å². The summed E-state index contributed by atoms with van der Waals surface area (Å²) in [6, 6.07) is 5.14.